The zero-order valence-corrected chi connectivity index (χ0v) is 18.5. The van der Waals surface area contributed by atoms with Crippen molar-refractivity contribution in [1.29, 1.82) is 0 Å². The van der Waals surface area contributed by atoms with Gasteiger partial charge in [0.2, 0.25) is 0 Å². The fraction of sp³-hybridized carbons (Fsp3) is 0.375. The van der Waals surface area contributed by atoms with E-state index in [9.17, 15) is 9.18 Å². The van der Waals surface area contributed by atoms with Crippen molar-refractivity contribution in [3.05, 3.63) is 65.2 Å². The molecule has 0 bridgehead atoms. The lowest BCUT2D eigenvalue weighted by molar-refractivity contribution is 0.0804. The molecule has 3 heterocycles. The molecule has 0 aliphatic carbocycles. The zero-order chi connectivity index (χ0) is 22.7. The van der Waals surface area contributed by atoms with Gasteiger partial charge in [0.1, 0.15) is 12.0 Å². The summed E-state index contributed by atoms with van der Waals surface area (Å²) >= 11 is 0. The number of nitrogens with two attached hydrogens (primary N) is 1. The van der Waals surface area contributed by atoms with Crippen LogP contribution in [-0.2, 0) is 0 Å². The number of fused-ring (bicyclic) bond motifs is 1. The second kappa shape index (κ2) is 9.48. The van der Waals surface area contributed by atoms with Crippen LogP contribution >= 0.6 is 0 Å². The van der Waals surface area contributed by atoms with E-state index in [4.69, 9.17) is 10.5 Å². The number of halogens is 1. The highest BCUT2D eigenvalue weighted by atomic mass is 19.1. The Kier molecular flexibility index (Phi) is 6.50. The topological polar surface area (TPSA) is 84.6 Å². The maximum absolute atomic E-state index is 13.3. The number of anilines is 1. The number of nitrogens with zero attached hydrogens (tertiary/aromatic N) is 4. The first-order valence-electron chi connectivity index (χ1n) is 10.9. The molecule has 0 fully saturated rings. The summed E-state index contributed by atoms with van der Waals surface area (Å²) in [6.07, 6.45) is 7.52. The predicted octanol–water partition coefficient (Wildman–Crippen LogP) is 3.77. The Morgan fingerprint density at radius 3 is 2.78 bits per heavy atom. The molecule has 1 aromatic heterocycles. The van der Waals surface area contributed by atoms with Gasteiger partial charge in [0.15, 0.2) is 17.5 Å². The molecule has 1 amide bonds. The average molecular weight is 438 g/mol. The number of benzene rings is 1. The van der Waals surface area contributed by atoms with Gasteiger partial charge in [0, 0.05) is 19.6 Å². The van der Waals surface area contributed by atoms with Crippen LogP contribution in [-0.4, -0.2) is 51.9 Å². The maximum Gasteiger partial charge on any atom is 0.261 e. The highest BCUT2D eigenvalue weighted by Crippen LogP contribution is 2.27. The predicted molar refractivity (Wildman–Crippen MR) is 121 cm³/mol. The Labute approximate surface area is 187 Å². The summed E-state index contributed by atoms with van der Waals surface area (Å²) in [6.45, 7) is 7.13. The first-order valence-corrected chi connectivity index (χ1v) is 10.9. The Morgan fingerprint density at radius 2 is 2.03 bits per heavy atom. The summed E-state index contributed by atoms with van der Waals surface area (Å²) in [7, 11) is 0. The molecule has 0 unspecified atom stereocenters. The van der Waals surface area contributed by atoms with Gasteiger partial charge in [-0.15, -0.1) is 0 Å². The summed E-state index contributed by atoms with van der Waals surface area (Å²) in [5.41, 5.74) is 9.01. The summed E-state index contributed by atoms with van der Waals surface area (Å²) < 4.78 is 19.0. The second-order valence-electron chi connectivity index (χ2n) is 8.25. The van der Waals surface area contributed by atoms with Gasteiger partial charge in [-0.2, -0.15) is 0 Å². The quantitative estimate of drug-likeness (QED) is 0.693. The molecule has 2 aliphatic rings. The number of rotatable bonds is 6. The maximum atomic E-state index is 13.3. The van der Waals surface area contributed by atoms with Crippen molar-refractivity contribution < 1.29 is 13.9 Å². The van der Waals surface area contributed by atoms with E-state index in [1.807, 2.05) is 32.0 Å². The molecule has 32 heavy (non-hydrogen) atoms. The third kappa shape index (κ3) is 4.80. The molecule has 7 nitrogen and oxygen atoms in total. The van der Waals surface area contributed by atoms with E-state index in [1.54, 1.807) is 11.2 Å². The van der Waals surface area contributed by atoms with E-state index in [-0.39, 0.29) is 11.7 Å². The first-order chi connectivity index (χ1) is 15.4. The van der Waals surface area contributed by atoms with Gasteiger partial charge in [-0.3, -0.25) is 9.69 Å². The lowest BCUT2D eigenvalue weighted by Crippen LogP contribution is -2.32. The number of allylic oxidation sites excluding steroid dienone is 1. The number of amides is 1. The number of carbonyl (C=O) groups is 1. The van der Waals surface area contributed by atoms with Crippen molar-refractivity contribution in [3.8, 4) is 5.75 Å². The van der Waals surface area contributed by atoms with Gasteiger partial charge in [0.05, 0.1) is 17.5 Å². The molecule has 0 spiro atoms. The van der Waals surface area contributed by atoms with E-state index in [1.165, 1.54) is 0 Å². The molecule has 2 aliphatic heterocycles. The van der Waals surface area contributed by atoms with Crippen LogP contribution in [0.4, 0.5) is 10.2 Å². The largest absolute Gasteiger partial charge is 0.462 e. The van der Waals surface area contributed by atoms with Gasteiger partial charge in [-0.05, 0) is 57.4 Å². The normalized spacial score (nSPS) is 16.7. The van der Waals surface area contributed by atoms with Crippen molar-refractivity contribution in [2.75, 3.05) is 31.9 Å². The van der Waals surface area contributed by atoms with Crippen LogP contribution in [0.1, 0.15) is 47.9 Å². The van der Waals surface area contributed by atoms with Crippen LogP contribution < -0.4 is 10.5 Å². The summed E-state index contributed by atoms with van der Waals surface area (Å²) in [6, 6.07) is 5.67. The molecule has 1 aromatic carbocycles. The Morgan fingerprint density at radius 1 is 1.22 bits per heavy atom. The number of nitrogen functional groups attached to an aromatic ring is 1. The molecule has 0 saturated heterocycles. The summed E-state index contributed by atoms with van der Waals surface area (Å²) in [5, 5.41) is 0. The van der Waals surface area contributed by atoms with Gasteiger partial charge in [-0.25, -0.2) is 14.4 Å². The van der Waals surface area contributed by atoms with Crippen LogP contribution in [0, 0.1) is 12.7 Å². The highest BCUT2D eigenvalue weighted by Gasteiger charge is 2.24. The van der Waals surface area contributed by atoms with Crippen molar-refractivity contribution in [2.45, 2.75) is 33.1 Å². The van der Waals surface area contributed by atoms with Gasteiger partial charge < -0.3 is 15.4 Å². The summed E-state index contributed by atoms with van der Waals surface area (Å²) in [5.74, 6) is 0.381. The minimum Gasteiger partial charge on any atom is -0.462 e. The molecule has 2 aromatic rings. The molecule has 0 radical (unpaired) electrons. The van der Waals surface area contributed by atoms with Crippen molar-refractivity contribution in [2.24, 2.45) is 0 Å². The lowest BCUT2D eigenvalue weighted by atomic mass is 10.1. The Balaban J connectivity index is 1.28. The minimum absolute atomic E-state index is 0.0148. The fourth-order valence-electron chi connectivity index (χ4n) is 3.97. The number of hydrogen-bond donors (Lipinski definition) is 1. The van der Waals surface area contributed by atoms with Crippen molar-refractivity contribution in [1.82, 2.24) is 19.8 Å². The number of carbonyl (C=O) groups excluding carboxylic acids is 1. The lowest BCUT2D eigenvalue weighted by Gasteiger charge is -2.26. The van der Waals surface area contributed by atoms with E-state index in [2.05, 4.69) is 20.9 Å². The van der Waals surface area contributed by atoms with Gasteiger partial charge >= 0.3 is 0 Å². The molecular formula is C24H28FN5O2. The molecule has 168 valence electrons. The Hall–Kier alpha value is -3.26. The third-order valence-electron chi connectivity index (χ3n) is 5.85. The molecule has 4 rings (SSSR count). The number of aryl methyl sites for hydroxylation is 1. The van der Waals surface area contributed by atoms with Crippen LogP contribution in [0.2, 0.25) is 0 Å². The number of unbranched alkanes of at least 4 members (excludes halogenated alkanes) is 1. The first kappa shape index (κ1) is 22.0. The average Bonchev–Trinajstić information content (AvgIpc) is 2.90. The monoisotopic (exact) mass is 437 g/mol. The Bertz CT molecular complexity index is 1080. The third-order valence-corrected chi connectivity index (χ3v) is 5.85. The fourth-order valence-corrected chi connectivity index (χ4v) is 3.97. The highest BCUT2D eigenvalue weighted by molar-refractivity contribution is 5.98. The van der Waals surface area contributed by atoms with E-state index >= 15 is 0 Å². The van der Waals surface area contributed by atoms with E-state index in [0.29, 0.717) is 23.7 Å². The number of hydrogen-bond acceptors (Lipinski definition) is 6. The van der Waals surface area contributed by atoms with Crippen LogP contribution in [0.5, 0.6) is 5.75 Å². The van der Waals surface area contributed by atoms with E-state index in [0.717, 1.165) is 61.9 Å². The molecule has 0 saturated carbocycles. The number of aromatic nitrogens is 2. The van der Waals surface area contributed by atoms with Gasteiger partial charge in [0.25, 0.3) is 5.91 Å². The molecule has 0 atom stereocenters. The smallest absolute Gasteiger partial charge is 0.261 e. The second-order valence-corrected chi connectivity index (χ2v) is 8.25. The molecule has 2 N–H and O–H groups in total. The van der Waals surface area contributed by atoms with E-state index < -0.39 is 5.82 Å². The molecule has 8 heteroatoms. The van der Waals surface area contributed by atoms with Crippen LogP contribution in [0.3, 0.4) is 0 Å². The van der Waals surface area contributed by atoms with Crippen molar-refractivity contribution >= 4 is 17.3 Å². The van der Waals surface area contributed by atoms with Gasteiger partial charge in [-0.1, -0.05) is 17.7 Å². The minimum atomic E-state index is -0.593. The summed E-state index contributed by atoms with van der Waals surface area (Å²) in [4.78, 5) is 25.3. The standard InChI is InChI=1S/C24H28FN5O2/c1-16-5-6-21-19(13-16)24(31)30(17(2)15-32-21)10-4-3-9-29-11-7-18(8-12-29)23-27-14-20(25)22(26)28-23/h5-7,13-15H,3-4,8-12H2,1-2H3,(H2,26,27,28). The molecular weight excluding hydrogens is 409 g/mol. The van der Waals surface area contributed by atoms with Crippen LogP contribution in [0.25, 0.3) is 5.57 Å². The van der Waals surface area contributed by atoms with Crippen molar-refractivity contribution in [3.63, 3.8) is 0 Å². The van der Waals surface area contributed by atoms with Crippen LogP contribution in [0.15, 0.2) is 42.4 Å². The SMILES string of the molecule is CC1=COc2ccc(C)cc2C(=O)N1CCCCN1CC=C(c2ncc(F)c(N)n2)CC1. The zero-order valence-electron chi connectivity index (χ0n) is 18.5. The number of ether oxygens (including phenoxy) is 1.